The zero-order chi connectivity index (χ0) is 13.8. The minimum Gasteiger partial charge on any atom is -0.454 e. The van der Waals surface area contributed by atoms with Gasteiger partial charge in [0.15, 0.2) is 11.5 Å². The van der Waals surface area contributed by atoms with Crippen LogP contribution in [0.4, 0.5) is 0 Å². The Morgan fingerprint density at radius 2 is 2.21 bits per heavy atom. The van der Waals surface area contributed by atoms with Crippen LogP contribution in [0.15, 0.2) is 12.1 Å². The predicted octanol–water partition coefficient (Wildman–Crippen LogP) is 1.22. The Morgan fingerprint density at radius 3 is 2.89 bits per heavy atom. The van der Waals surface area contributed by atoms with Gasteiger partial charge in [0.2, 0.25) is 6.79 Å². The van der Waals surface area contributed by atoms with Crippen LogP contribution in [0.5, 0.6) is 11.5 Å². The monoisotopic (exact) mass is 285 g/mol. The Labute approximate surface area is 118 Å². The summed E-state index contributed by atoms with van der Waals surface area (Å²) in [7, 11) is 4.08. The van der Waals surface area contributed by atoms with Crippen LogP contribution in [-0.4, -0.2) is 45.4 Å². The Balaban J connectivity index is 2.08. The van der Waals surface area contributed by atoms with Gasteiger partial charge >= 0.3 is 0 Å². The molecule has 2 rings (SSSR count). The second-order valence-corrected chi connectivity index (χ2v) is 5.19. The lowest BCUT2D eigenvalue weighted by Gasteiger charge is -2.19. The fourth-order valence-corrected chi connectivity index (χ4v) is 2.26. The average molecular weight is 286 g/mol. The molecule has 1 aliphatic heterocycles. The molecule has 3 N–H and O–H groups in total. The van der Waals surface area contributed by atoms with Crippen molar-refractivity contribution < 1.29 is 9.47 Å². The van der Waals surface area contributed by atoms with E-state index in [1.54, 1.807) is 0 Å². The zero-order valence-corrected chi connectivity index (χ0v) is 12.0. The van der Waals surface area contributed by atoms with E-state index in [0.29, 0.717) is 23.1 Å². The SMILES string of the molecule is CN(C)CCNC(CN)c1cc(Cl)c2c(c1)OCO2. The summed E-state index contributed by atoms with van der Waals surface area (Å²) in [6, 6.07) is 3.89. The van der Waals surface area contributed by atoms with E-state index in [2.05, 4.69) is 10.2 Å². The summed E-state index contributed by atoms with van der Waals surface area (Å²) >= 11 is 6.18. The Morgan fingerprint density at radius 1 is 1.42 bits per heavy atom. The van der Waals surface area contributed by atoms with Gasteiger partial charge in [0.05, 0.1) is 5.02 Å². The van der Waals surface area contributed by atoms with E-state index in [-0.39, 0.29) is 12.8 Å². The number of benzene rings is 1. The van der Waals surface area contributed by atoms with Crippen molar-refractivity contribution in [2.75, 3.05) is 40.5 Å². The molecule has 0 amide bonds. The van der Waals surface area contributed by atoms with Gasteiger partial charge in [0, 0.05) is 25.7 Å². The number of nitrogens with zero attached hydrogens (tertiary/aromatic N) is 1. The van der Waals surface area contributed by atoms with Gasteiger partial charge in [0.1, 0.15) is 0 Å². The topological polar surface area (TPSA) is 59.8 Å². The number of nitrogens with two attached hydrogens (primary N) is 1. The van der Waals surface area contributed by atoms with Gasteiger partial charge in [-0.25, -0.2) is 0 Å². The number of nitrogens with one attached hydrogen (secondary N) is 1. The molecular formula is C13H20ClN3O2. The van der Waals surface area contributed by atoms with Crippen LogP contribution >= 0.6 is 11.6 Å². The van der Waals surface area contributed by atoms with Gasteiger partial charge in [-0.05, 0) is 31.8 Å². The van der Waals surface area contributed by atoms with Gasteiger partial charge < -0.3 is 25.4 Å². The average Bonchev–Trinajstić information content (AvgIpc) is 2.83. The third kappa shape index (κ3) is 3.51. The molecule has 0 saturated heterocycles. The highest BCUT2D eigenvalue weighted by Crippen LogP contribution is 2.40. The number of ether oxygens (including phenoxy) is 2. The highest BCUT2D eigenvalue weighted by molar-refractivity contribution is 6.32. The molecule has 0 saturated carbocycles. The molecule has 1 aromatic carbocycles. The maximum absolute atomic E-state index is 6.18. The first-order valence-electron chi connectivity index (χ1n) is 6.29. The van der Waals surface area contributed by atoms with Crippen molar-refractivity contribution in [3.63, 3.8) is 0 Å². The van der Waals surface area contributed by atoms with Gasteiger partial charge in [-0.2, -0.15) is 0 Å². The quantitative estimate of drug-likeness (QED) is 0.823. The lowest BCUT2D eigenvalue weighted by molar-refractivity contribution is 0.174. The summed E-state index contributed by atoms with van der Waals surface area (Å²) in [6.45, 7) is 2.54. The number of hydrogen-bond acceptors (Lipinski definition) is 5. The van der Waals surface area contributed by atoms with Crippen LogP contribution in [0.1, 0.15) is 11.6 Å². The minimum absolute atomic E-state index is 0.0620. The minimum atomic E-state index is 0.0620. The van der Waals surface area contributed by atoms with Crippen molar-refractivity contribution >= 4 is 11.6 Å². The second kappa shape index (κ2) is 6.43. The summed E-state index contributed by atoms with van der Waals surface area (Å²) in [5.41, 5.74) is 6.85. The normalized spacial score (nSPS) is 15.0. The van der Waals surface area contributed by atoms with Crippen molar-refractivity contribution in [1.82, 2.24) is 10.2 Å². The molecule has 1 aliphatic rings. The van der Waals surface area contributed by atoms with E-state index < -0.39 is 0 Å². The van der Waals surface area contributed by atoms with Gasteiger partial charge in [0.25, 0.3) is 0 Å². The smallest absolute Gasteiger partial charge is 0.231 e. The van der Waals surface area contributed by atoms with Gasteiger partial charge in [-0.15, -0.1) is 0 Å². The lowest BCUT2D eigenvalue weighted by Crippen LogP contribution is -2.33. The first kappa shape index (κ1) is 14.4. The second-order valence-electron chi connectivity index (χ2n) is 4.78. The number of hydrogen-bond donors (Lipinski definition) is 2. The fraction of sp³-hybridized carbons (Fsp3) is 0.538. The van der Waals surface area contributed by atoms with Crippen molar-refractivity contribution in [1.29, 1.82) is 0 Å². The van der Waals surface area contributed by atoms with Crippen LogP contribution in [0, 0.1) is 0 Å². The maximum Gasteiger partial charge on any atom is 0.231 e. The number of halogens is 1. The zero-order valence-electron chi connectivity index (χ0n) is 11.3. The van der Waals surface area contributed by atoms with Gasteiger partial charge in [-0.1, -0.05) is 11.6 Å². The Kier molecular flexibility index (Phi) is 4.87. The molecule has 0 spiro atoms. The summed E-state index contributed by atoms with van der Waals surface area (Å²) in [6.07, 6.45) is 0. The predicted molar refractivity (Wildman–Crippen MR) is 75.9 cm³/mol. The van der Waals surface area contributed by atoms with E-state index in [4.69, 9.17) is 26.8 Å². The van der Waals surface area contributed by atoms with E-state index in [9.17, 15) is 0 Å². The molecule has 0 radical (unpaired) electrons. The summed E-state index contributed by atoms with van der Waals surface area (Å²) in [5, 5.41) is 3.98. The molecule has 0 aliphatic carbocycles. The molecule has 6 heteroatoms. The number of rotatable bonds is 6. The molecular weight excluding hydrogens is 266 g/mol. The maximum atomic E-state index is 6.18. The third-order valence-electron chi connectivity index (χ3n) is 3.04. The highest BCUT2D eigenvalue weighted by Gasteiger charge is 2.21. The lowest BCUT2D eigenvalue weighted by atomic mass is 10.1. The Bertz CT molecular complexity index is 440. The molecule has 1 heterocycles. The third-order valence-corrected chi connectivity index (χ3v) is 3.32. The van der Waals surface area contributed by atoms with E-state index in [1.807, 2.05) is 26.2 Å². The largest absolute Gasteiger partial charge is 0.454 e. The highest BCUT2D eigenvalue weighted by atomic mass is 35.5. The van der Waals surface area contributed by atoms with Crippen molar-refractivity contribution in [2.45, 2.75) is 6.04 Å². The molecule has 0 bridgehead atoms. The molecule has 106 valence electrons. The van der Waals surface area contributed by atoms with Crippen LogP contribution in [0.3, 0.4) is 0 Å². The Hall–Kier alpha value is -1.01. The molecule has 0 fully saturated rings. The van der Waals surface area contributed by atoms with E-state index in [1.165, 1.54) is 0 Å². The van der Waals surface area contributed by atoms with E-state index in [0.717, 1.165) is 18.7 Å². The van der Waals surface area contributed by atoms with Crippen molar-refractivity contribution in [2.24, 2.45) is 5.73 Å². The molecule has 5 nitrogen and oxygen atoms in total. The van der Waals surface area contributed by atoms with Crippen LogP contribution in [-0.2, 0) is 0 Å². The fourth-order valence-electron chi connectivity index (χ4n) is 1.99. The summed E-state index contributed by atoms with van der Waals surface area (Å²) in [5.74, 6) is 1.31. The molecule has 19 heavy (non-hydrogen) atoms. The molecule has 0 aromatic heterocycles. The summed E-state index contributed by atoms with van der Waals surface area (Å²) in [4.78, 5) is 2.12. The first-order chi connectivity index (χ1) is 9.11. The molecule has 1 atom stereocenters. The van der Waals surface area contributed by atoms with Crippen LogP contribution in [0.2, 0.25) is 5.02 Å². The standard InChI is InChI=1S/C13H20ClN3O2/c1-17(2)4-3-16-11(7-15)9-5-10(14)13-12(6-9)18-8-19-13/h5-6,11,16H,3-4,7-8,15H2,1-2H3. The van der Waals surface area contributed by atoms with E-state index >= 15 is 0 Å². The molecule has 1 unspecified atom stereocenters. The molecule has 1 aromatic rings. The van der Waals surface area contributed by atoms with Gasteiger partial charge in [-0.3, -0.25) is 0 Å². The van der Waals surface area contributed by atoms with Crippen LogP contribution < -0.4 is 20.5 Å². The number of likely N-dealkylation sites (N-methyl/N-ethyl adjacent to an activating group) is 1. The van der Waals surface area contributed by atoms with Crippen molar-refractivity contribution in [3.05, 3.63) is 22.7 Å². The first-order valence-corrected chi connectivity index (χ1v) is 6.67. The summed E-state index contributed by atoms with van der Waals surface area (Å²) < 4.78 is 10.7. The van der Waals surface area contributed by atoms with Crippen molar-refractivity contribution in [3.8, 4) is 11.5 Å². The van der Waals surface area contributed by atoms with Crippen LogP contribution in [0.25, 0.3) is 0 Å². The number of fused-ring (bicyclic) bond motifs is 1.